The average Bonchev–Trinajstić information content (AvgIpc) is 2.58. The number of hydrogen-bond donors (Lipinski definition) is 3. The molecule has 8 nitrogen and oxygen atoms in total. The highest BCUT2D eigenvalue weighted by atomic mass is 16.6. The zero-order valence-electron chi connectivity index (χ0n) is 14.5. The maximum absolute atomic E-state index is 12.4. The van der Waals surface area contributed by atoms with E-state index in [0.717, 1.165) is 11.1 Å². The van der Waals surface area contributed by atoms with E-state index < -0.39 is 0 Å². The molecule has 134 valence electrons. The highest BCUT2D eigenvalue weighted by molar-refractivity contribution is 6.20. The molecular formula is C17H22N4O4. The van der Waals surface area contributed by atoms with E-state index in [1.54, 1.807) is 24.1 Å². The molecule has 0 fully saturated rings. The van der Waals surface area contributed by atoms with Crippen LogP contribution in [0, 0.1) is 13.8 Å². The second-order valence-electron chi connectivity index (χ2n) is 5.78. The van der Waals surface area contributed by atoms with Crippen molar-refractivity contribution in [2.75, 3.05) is 25.5 Å². The summed E-state index contributed by atoms with van der Waals surface area (Å²) >= 11 is 0. The molecule has 2 rings (SSSR count). The van der Waals surface area contributed by atoms with Crippen LogP contribution in [0.5, 0.6) is 5.75 Å². The van der Waals surface area contributed by atoms with E-state index in [2.05, 4.69) is 10.2 Å². The molecule has 0 saturated heterocycles. The van der Waals surface area contributed by atoms with Crippen molar-refractivity contribution in [1.29, 1.82) is 0 Å². The zero-order valence-corrected chi connectivity index (χ0v) is 14.5. The molecule has 5 N–H and O–H groups in total. The van der Waals surface area contributed by atoms with E-state index >= 15 is 0 Å². The Kier molecular flexibility index (Phi) is 5.92. The highest BCUT2D eigenvalue weighted by Crippen LogP contribution is 2.27. The lowest BCUT2D eigenvalue weighted by molar-refractivity contribution is -0.116. The summed E-state index contributed by atoms with van der Waals surface area (Å²) in [5.74, 6) is 10.2. The van der Waals surface area contributed by atoms with Gasteiger partial charge in [0, 0.05) is 31.4 Å². The van der Waals surface area contributed by atoms with Crippen LogP contribution >= 0.6 is 0 Å². The third-order valence-corrected chi connectivity index (χ3v) is 3.94. The normalized spacial score (nSPS) is 14.1. The summed E-state index contributed by atoms with van der Waals surface area (Å²) < 4.78 is 0. The van der Waals surface area contributed by atoms with Gasteiger partial charge >= 0.3 is 0 Å². The van der Waals surface area contributed by atoms with Crippen molar-refractivity contribution < 1.29 is 19.3 Å². The summed E-state index contributed by atoms with van der Waals surface area (Å²) in [5.41, 5.74) is 2.85. The molecule has 0 unspecified atom stereocenters. The number of anilines is 1. The second kappa shape index (κ2) is 7.93. The number of aryl methyl sites for hydroxylation is 2. The number of hydrogen-bond acceptors (Lipinski definition) is 8. The summed E-state index contributed by atoms with van der Waals surface area (Å²) in [7, 11) is 1.70. The predicted molar refractivity (Wildman–Crippen MR) is 93.3 cm³/mol. The van der Waals surface area contributed by atoms with E-state index in [4.69, 9.17) is 16.6 Å². The van der Waals surface area contributed by atoms with E-state index in [0.29, 0.717) is 23.7 Å². The molecule has 0 spiro atoms. The van der Waals surface area contributed by atoms with E-state index in [1.807, 2.05) is 13.8 Å². The fraction of sp³-hybridized carbons (Fsp3) is 0.294. The summed E-state index contributed by atoms with van der Waals surface area (Å²) in [6.45, 7) is 4.33. The molecule has 1 aromatic rings. The molecular weight excluding hydrogens is 324 g/mol. The molecule has 0 radical (unpaired) electrons. The Morgan fingerprint density at radius 2 is 1.80 bits per heavy atom. The molecule has 0 amide bonds. The number of ketones is 2. The number of rotatable bonds is 7. The van der Waals surface area contributed by atoms with Gasteiger partial charge in [-0.1, -0.05) is 0 Å². The van der Waals surface area contributed by atoms with Gasteiger partial charge in [-0.2, -0.15) is 5.90 Å². The number of allylic oxidation sites excluding steroid dienone is 2. The van der Waals surface area contributed by atoms with Gasteiger partial charge in [-0.15, -0.1) is 0 Å². The first kappa shape index (κ1) is 18.7. The predicted octanol–water partition coefficient (Wildman–Crippen LogP) is 0.710. The maximum atomic E-state index is 12.4. The van der Waals surface area contributed by atoms with Crippen molar-refractivity contribution in [3.05, 3.63) is 46.8 Å². The monoisotopic (exact) mass is 346 g/mol. The van der Waals surface area contributed by atoms with Gasteiger partial charge in [0.25, 0.3) is 0 Å². The topological polar surface area (TPSA) is 120 Å². The van der Waals surface area contributed by atoms with E-state index in [9.17, 15) is 9.59 Å². The van der Waals surface area contributed by atoms with Crippen LogP contribution in [0.4, 0.5) is 5.69 Å². The largest absolute Gasteiger partial charge is 0.411 e. The third-order valence-electron chi connectivity index (χ3n) is 3.94. The lowest BCUT2D eigenvalue weighted by Gasteiger charge is -2.23. The van der Waals surface area contributed by atoms with Gasteiger partial charge in [0.1, 0.15) is 5.75 Å². The Morgan fingerprint density at radius 1 is 1.08 bits per heavy atom. The minimum atomic E-state index is -0.286. The Hall–Kier alpha value is -2.68. The molecule has 0 aliphatic heterocycles. The fourth-order valence-electron chi connectivity index (χ4n) is 2.45. The Bertz CT molecular complexity index is 755. The Morgan fingerprint density at radius 3 is 2.44 bits per heavy atom. The summed E-state index contributed by atoms with van der Waals surface area (Å²) in [6.07, 6.45) is 2.60. The molecule has 0 bridgehead atoms. The molecule has 25 heavy (non-hydrogen) atoms. The molecule has 0 heterocycles. The van der Waals surface area contributed by atoms with Gasteiger partial charge in [0.15, 0.2) is 0 Å². The van der Waals surface area contributed by atoms with E-state index in [1.165, 1.54) is 12.2 Å². The van der Waals surface area contributed by atoms with Crippen molar-refractivity contribution in [3.63, 3.8) is 0 Å². The van der Waals surface area contributed by atoms with Crippen LogP contribution < -0.4 is 21.9 Å². The van der Waals surface area contributed by atoms with Crippen molar-refractivity contribution in [2.45, 2.75) is 13.8 Å². The molecule has 8 heteroatoms. The molecule has 0 atom stereocenters. The van der Waals surface area contributed by atoms with Crippen molar-refractivity contribution in [1.82, 2.24) is 4.90 Å². The fourth-order valence-corrected chi connectivity index (χ4v) is 2.45. The van der Waals surface area contributed by atoms with E-state index in [-0.39, 0.29) is 23.9 Å². The SMILES string of the molecule is Cc1cc(ON)c(C)cc1NC1=CC(=O)C(N(C)CCON)=CC1=O. The Labute approximate surface area is 146 Å². The number of likely N-dealkylation sites (N-methyl/N-ethyl adjacent to an activating group) is 1. The van der Waals surface area contributed by atoms with Gasteiger partial charge in [0.05, 0.1) is 18.0 Å². The molecule has 1 aromatic carbocycles. The second-order valence-corrected chi connectivity index (χ2v) is 5.78. The summed E-state index contributed by atoms with van der Waals surface area (Å²) in [4.78, 5) is 35.6. The number of nitrogens with two attached hydrogens (primary N) is 2. The van der Waals surface area contributed by atoms with Gasteiger partial charge < -0.3 is 19.9 Å². The quantitative estimate of drug-likeness (QED) is 0.488. The first-order valence-corrected chi connectivity index (χ1v) is 7.67. The van der Waals surface area contributed by atoms with Crippen LogP contribution in [0.3, 0.4) is 0 Å². The number of benzene rings is 1. The first-order chi connectivity index (χ1) is 11.9. The van der Waals surface area contributed by atoms with Crippen LogP contribution in [0.25, 0.3) is 0 Å². The van der Waals surface area contributed by atoms with Gasteiger partial charge in [0.2, 0.25) is 11.6 Å². The van der Waals surface area contributed by atoms with Crippen LogP contribution in [0.1, 0.15) is 11.1 Å². The zero-order chi connectivity index (χ0) is 18.6. The number of carbonyl (C=O) groups is 2. The van der Waals surface area contributed by atoms with Gasteiger partial charge in [-0.25, -0.2) is 5.90 Å². The summed E-state index contributed by atoms with van der Waals surface area (Å²) in [6, 6.07) is 3.56. The van der Waals surface area contributed by atoms with Crippen LogP contribution in [0.15, 0.2) is 35.7 Å². The van der Waals surface area contributed by atoms with Crippen LogP contribution in [-0.4, -0.2) is 36.7 Å². The Balaban J connectivity index is 2.19. The molecule has 0 saturated carbocycles. The molecule has 0 aromatic heterocycles. The maximum Gasteiger partial charge on any atom is 0.204 e. The van der Waals surface area contributed by atoms with Gasteiger partial charge in [-0.05, 0) is 37.1 Å². The minimum Gasteiger partial charge on any atom is -0.411 e. The smallest absolute Gasteiger partial charge is 0.204 e. The lowest BCUT2D eigenvalue weighted by Crippen LogP contribution is -2.31. The summed E-state index contributed by atoms with van der Waals surface area (Å²) in [5, 5.41) is 3.01. The van der Waals surface area contributed by atoms with Crippen LogP contribution in [-0.2, 0) is 14.4 Å². The van der Waals surface area contributed by atoms with Crippen molar-refractivity contribution in [3.8, 4) is 5.75 Å². The number of nitrogens with one attached hydrogen (secondary N) is 1. The van der Waals surface area contributed by atoms with Crippen molar-refractivity contribution in [2.24, 2.45) is 11.8 Å². The molecule has 1 aliphatic rings. The highest BCUT2D eigenvalue weighted by Gasteiger charge is 2.23. The number of carbonyl (C=O) groups excluding carboxylic acids is 2. The first-order valence-electron chi connectivity index (χ1n) is 7.67. The minimum absolute atomic E-state index is 0.209. The average molecular weight is 346 g/mol. The van der Waals surface area contributed by atoms with Crippen molar-refractivity contribution >= 4 is 17.3 Å². The number of nitrogens with zero attached hydrogens (tertiary/aromatic N) is 1. The lowest BCUT2D eigenvalue weighted by atomic mass is 10.0. The van der Waals surface area contributed by atoms with Crippen LogP contribution in [0.2, 0.25) is 0 Å². The standard InChI is InChI=1S/C17H22N4O4/c1-10-7-17(25-19)11(2)6-12(10)20-13-8-16(23)14(9-15(13)22)21(3)4-5-24-18/h6-9,20H,4-5,18-19H2,1-3H3. The van der Waals surface area contributed by atoms with Gasteiger partial charge in [-0.3, -0.25) is 9.59 Å². The third kappa shape index (κ3) is 4.24. The molecule has 1 aliphatic carbocycles.